The zero-order valence-corrected chi connectivity index (χ0v) is 5.27. The van der Waals surface area contributed by atoms with Crippen molar-refractivity contribution in [2.75, 3.05) is 7.11 Å². The first-order chi connectivity index (χ1) is 4.74. The molecule has 1 rings (SSSR count). The lowest BCUT2D eigenvalue weighted by molar-refractivity contribution is 0.377. The van der Waals surface area contributed by atoms with Crippen LogP contribution < -0.4 is 4.74 Å². The molecule has 10 heavy (non-hydrogen) atoms. The number of nitrogens with zero attached hydrogens (tertiary/aromatic N) is 1. The molecule has 0 N–H and O–H groups in total. The largest absolute Gasteiger partial charge is 0.481 e. The van der Waals surface area contributed by atoms with Crippen LogP contribution in [0.1, 0.15) is 0 Å². The van der Waals surface area contributed by atoms with Gasteiger partial charge in [-0.15, -0.1) is 0 Å². The maximum atomic E-state index is 12.2. The third-order valence-corrected chi connectivity index (χ3v) is 0.987. The summed E-state index contributed by atoms with van der Waals surface area (Å²) in [6, 6.07) is 2.21. The summed E-state index contributed by atoms with van der Waals surface area (Å²) in [5, 5.41) is 0. The van der Waals surface area contributed by atoms with Crippen molar-refractivity contribution in [2.45, 2.75) is 0 Å². The van der Waals surface area contributed by atoms with Crippen molar-refractivity contribution < 1.29 is 13.5 Å². The molecule has 2 nitrogen and oxygen atoms in total. The Morgan fingerprint density at radius 3 is 2.60 bits per heavy atom. The van der Waals surface area contributed by atoms with Crippen LogP contribution in [0.2, 0.25) is 0 Å². The van der Waals surface area contributed by atoms with E-state index in [4.69, 9.17) is 0 Å². The molecule has 0 bridgehead atoms. The van der Waals surface area contributed by atoms with Crippen LogP contribution in [0.25, 0.3) is 0 Å². The van der Waals surface area contributed by atoms with Gasteiger partial charge < -0.3 is 4.74 Å². The summed E-state index contributed by atoms with van der Waals surface area (Å²) in [6.07, 6.45) is 0. The quantitative estimate of drug-likeness (QED) is 0.557. The molecule has 4 heteroatoms. The highest BCUT2D eigenvalue weighted by molar-refractivity contribution is 5.11. The summed E-state index contributed by atoms with van der Waals surface area (Å²) in [5.74, 6) is -2.04. The van der Waals surface area contributed by atoms with E-state index in [-0.39, 0.29) is 5.88 Å². The standard InChI is InChI=1S/C6H5F2NO/c1-10-5-3-2-4(7)6(8)9-5/h2-3H,1H3. The fraction of sp³-hybridized carbons (Fsp3) is 0.167. The summed E-state index contributed by atoms with van der Waals surface area (Å²) in [4.78, 5) is 3.13. The summed E-state index contributed by atoms with van der Waals surface area (Å²) in [7, 11) is 1.33. The van der Waals surface area contributed by atoms with Crippen molar-refractivity contribution in [1.82, 2.24) is 4.98 Å². The predicted octanol–water partition coefficient (Wildman–Crippen LogP) is 1.37. The van der Waals surface area contributed by atoms with Gasteiger partial charge in [0.25, 0.3) is 5.95 Å². The first-order valence-electron chi connectivity index (χ1n) is 2.60. The Morgan fingerprint density at radius 2 is 2.10 bits per heavy atom. The first-order valence-corrected chi connectivity index (χ1v) is 2.60. The third-order valence-electron chi connectivity index (χ3n) is 0.987. The molecule has 0 saturated heterocycles. The second-order valence-corrected chi connectivity index (χ2v) is 1.63. The zero-order valence-electron chi connectivity index (χ0n) is 5.27. The SMILES string of the molecule is COc1ccc(F)c(F)n1. The molecule has 54 valence electrons. The molecular formula is C6H5F2NO. The molecule has 0 saturated carbocycles. The van der Waals surface area contributed by atoms with Gasteiger partial charge >= 0.3 is 0 Å². The second kappa shape index (κ2) is 2.60. The number of rotatable bonds is 1. The van der Waals surface area contributed by atoms with E-state index in [1.807, 2.05) is 0 Å². The summed E-state index contributed by atoms with van der Waals surface area (Å²) in [6.45, 7) is 0. The first kappa shape index (κ1) is 6.92. The lowest BCUT2D eigenvalue weighted by atomic mass is 10.4. The van der Waals surface area contributed by atoms with Gasteiger partial charge in [-0.1, -0.05) is 0 Å². The Morgan fingerprint density at radius 1 is 1.40 bits per heavy atom. The monoisotopic (exact) mass is 145 g/mol. The van der Waals surface area contributed by atoms with E-state index in [2.05, 4.69) is 9.72 Å². The Labute approximate surface area is 56.5 Å². The molecule has 0 fully saturated rings. The number of hydrogen-bond donors (Lipinski definition) is 0. The molecule has 0 amide bonds. The van der Waals surface area contributed by atoms with E-state index in [1.54, 1.807) is 0 Å². The molecule has 0 radical (unpaired) electrons. The fourth-order valence-electron chi connectivity index (χ4n) is 0.514. The topological polar surface area (TPSA) is 22.1 Å². The molecule has 0 aliphatic heterocycles. The Hall–Kier alpha value is -1.19. The van der Waals surface area contributed by atoms with Crippen LogP contribution in [0.5, 0.6) is 5.88 Å². The van der Waals surface area contributed by atoms with Crippen molar-refractivity contribution in [2.24, 2.45) is 0 Å². The number of halogens is 2. The Kier molecular flexibility index (Phi) is 1.80. The van der Waals surface area contributed by atoms with Crippen molar-refractivity contribution in [1.29, 1.82) is 0 Å². The van der Waals surface area contributed by atoms with Gasteiger partial charge in [0, 0.05) is 6.07 Å². The van der Waals surface area contributed by atoms with Crippen LogP contribution in [0.4, 0.5) is 8.78 Å². The third kappa shape index (κ3) is 1.21. The Balaban J connectivity index is 3.04. The summed E-state index contributed by atoms with van der Waals surface area (Å²) >= 11 is 0. The molecule has 0 spiro atoms. The number of methoxy groups -OCH3 is 1. The number of ether oxygens (including phenoxy) is 1. The van der Waals surface area contributed by atoms with Gasteiger partial charge in [-0.05, 0) is 6.07 Å². The van der Waals surface area contributed by atoms with Crippen LogP contribution in [0, 0.1) is 11.8 Å². The van der Waals surface area contributed by atoms with E-state index in [1.165, 1.54) is 13.2 Å². The lowest BCUT2D eigenvalue weighted by Gasteiger charge is -1.96. The van der Waals surface area contributed by atoms with Crippen LogP contribution >= 0.6 is 0 Å². The van der Waals surface area contributed by atoms with Gasteiger partial charge in [0.05, 0.1) is 7.11 Å². The highest BCUT2D eigenvalue weighted by atomic mass is 19.2. The van der Waals surface area contributed by atoms with Crippen LogP contribution in [0.15, 0.2) is 12.1 Å². The minimum Gasteiger partial charge on any atom is -0.481 e. The van der Waals surface area contributed by atoms with Crippen LogP contribution in [-0.4, -0.2) is 12.1 Å². The van der Waals surface area contributed by atoms with E-state index >= 15 is 0 Å². The molecule has 0 atom stereocenters. The summed E-state index contributed by atoms with van der Waals surface area (Å²) < 4.78 is 28.9. The van der Waals surface area contributed by atoms with Crippen molar-refractivity contribution in [3.05, 3.63) is 23.9 Å². The average Bonchev–Trinajstić information content (AvgIpc) is 1.95. The van der Waals surface area contributed by atoms with E-state index < -0.39 is 11.8 Å². The van der Waals surface area contributed by atoms with Crippen LogP contribution in [-0.2, 0) is 0 Å². The highest BCUT2D eigenvalue weighted by Crippen LogP contribution is 2.08. The Bertz CT molecular complexity index is 239. The molecule has 0 unspecified atom stereocenters. The minimum atomic E-state index is -1.14. The molecule has 1 aromatic heterocycles. The van der Waals surface area contributed by atoms with Crippen LogP contribution in [0.3, 0.4) is 0 Å². The van der Waals surface area contributed by atoms with Gasteiger partial charge in [-0.25, -0.2) is 4.39 Å². The average molecular weight is 145 g/mol. The smallest absolute Gasteiger partial charge is 0.252 e. The minimum absolute atomic E-state index is 0.0684. The lowest BCUT2D eigenvalue weighted by Crippen LogP contribution is -1.92. The molecule has 0 aliphatic rings. The van der Waals surface area contributed by atoms with Crippen molar-refractivity contribution in [3.8, 4) is 5.88 Å². The van der Waals surface area contributed by atoms with Gasteiger partial charge in [-0.3, -0.25) is 0 Å². The fourth-order valence-corrected chi connectivity index (χ4v) is 0.514. The van der Waals surface area contributed by atoms with Crippen molar-refractivity contribution >= 4 is 0 Å². The number of aromatic nitrogens is 1. The maximum absolute atomic E-state index is 12.2. The van der Waals surface area contributed by atoms with E-state index in [0.29, 0.717) is 0 Å². The molecule has 0 aliphatic carbocycles. The summed E-state index contributed by atoms with van der Waals surface area (Å²) in [5.41, 5.74) is 0. The van der Waals surface area contributed by atoms with Gasteiger partial charge in [-0.2, -0.15) is 9.37 Å². The second-order valence-electron chi connectivity index (χ2n) is 1.63. The van der Waals surface area contributed by atoms with Gasteiger partial charge in [0.15, 0.2) is 5.82 Å². The van der Waals surface area contributed by atoms with E-state index in [9.17, 15) is 8.78 Å². The van der Waals surface area contributed by atoms with Gasteiger partial charge in [0.1, 0.15) is 0 Å². The predicted molar refractivity (Wildman–Crippen MR) is 30.7 cm³/mol. The normalized spacial score (nSPS) is 9.50. The molecule has 1 aromatic rings. The highest BCUT2D eigenvalue weighted by Gasteiger charge is 2.02. The number of hydrogen-bond acceptors (Lipinski definition) is 2. The molecular weight excluding hydrogens is 140 g/mol. The molecule has 0 aromatic carbocycles. The van der Waals surface area contributed by atoms with E-state index in [0.717, 1.165) is 6.07 Å². The molecule has 1 heterocycles. The maximum Gasteiger partial charge on any atom is 0.252 e. The van der Waals surface area contributed by atoms with Crippen molar-refractivity contribution in [3.63, 3.8) is 0 Å². The van der Waals surface area contributed by atoms with Gasteiger partial charge in [0.2, 0.25) is 5.88 Å². The number of pyridine rings is 1. The zero-order chi connectivity index (χ0) is 7.56.